The highest BCUT2D eigenvalue weighted by Gasteiger charge is 2.15. The van der Waals surface area contributed by atoms with Crippen LogP contribution in [0.5, 0.6) is 0 Å². The maximum Gasteiger partial charge on any atom is 0.251 e. The number of nitrogens with zero attached hydrogens (tertiary/aromatic N) is 2. The van der Waals surface area contributed by atoms with Crippen LogP contribution in [0.1, 0.15) is 42.5 Å². The third-order valence-electron chi connectivity index (χ3n) is 3.55. The first-order chi connectivity index (χ1) is 9.88. The molecule has 0 bridgehead atoms. The van der Waals surface area contributed by atoms with E-state index >= 15 is 0 Å². The van der Waals surface area contributed by atoms with Gasteiger partial charge in [0.05, 0.1) is 0 Å². The monoisotopic (exact) mass is 285 g/mol. The molecule has 1 N–H and O–H groups in total. The van der Waals surface area contributed by atoms with Gasteiger partial charge >= 0.3 is 0 Å². The number of aryl methyl sites for hydroxylation is 1. The summed E-state index contributed by atoms with van der Waals surface area (Å²) in [5.74, 6) is 0.939. The Kier molecular flexibility index (Phi) is 4.46. The summed E-state index contributed by atoms with van der Waals surface area (Å²) in [4.78, 5) is 16.4. The van der Waals surface area contributed by atoms with Crippen molar-refractivity contribution in [1.29, 1.82) is 0 Å². The van der Waals surface area contributed by atoms with Crippen LogP contribution in [-0.2, 0) is 18.9 Å². The average molecular weight is 285 g/mol. The van der Waals surface area contributed by atoms with E-state index < -0.39 is 0 Å². The van der Waals surface area contributed by atoms with Crippen LogP contribution < -0.4 is 5.32 Å². The van der Waals surface area contributed by atoms with Crippen LogP contribution in [0.25, 0.3) is 0 Å². The fourth-order valence-electron chi connectivity index (χ4n) is 2.15. The number of rotatable bonds is 4. The lowest BCUT2D eigenvalue weighted by atomic mass is 9.86. The quantitative estimate of drug-likeness (QED) is 0.939. The van der Waals surface area contributed by atoms with E-state index in [0.29, 0.717) is 12.1 Å². The van der Waals surface area contributed by atoms with Gasteiger partial charge in [-0.3, -0.25) is 4.79 Å². The van der Waals surface area contributed by atoms with Crippen LogP contribution in [-0.4, -0.2) is 22.0 Å². The van der Waals surface area contributed by atoms with Crippen molar-refractivity contribution in [1.82, 2.24) is 14.9 Å². The van der Waals surface area contributed by atoms with Crippen molar-refractivity contribution >= 4 is 5.91 Å². The van der Waals surface area contributed by atoms with Gasteiger partial charge in [0.25, 0.3) is 5.91 Å². The summed E-state index contributed by atoms with van der Waals surface area (Å²) in [7, 11) is 1.96. The maximum absolute atomic E-state index is 12.2. The normalized spacial score (nSPS) is 11.4. The van der Waals surface area contributed by atoms with Crippen molar-refractivity contribution in [3.8, 4) is 0 Å². The minimum absolute atomic E-state index is 0.0321. The highest BCUT2D eigenvalue weighted by molar-refractivity contribution is 5.94. The summed E-state index contributed by atoms with van der Waals surface area (Å²) in [6.07, 6.45) is 4.40. The minimum Gasteiger partial charge on any atom is -0.352 e. The summed E-state index contributed by atoms with van der Waals surface area (Å²) in [5.41, 5.74) is 1.92. The van der Waals surface area contributed by atoms with Gasteiger partial charge < -0.3 is 9.88 Å². The Morgan fingerprint density at radius 3 is 2.71 bits per heavy atom. The van der Waals surface area contributed by atoms with Crippen LogP contribution in [0, 0.1) is 0 Å². The number of benzene rings is 1. The molecule has 0 fully saturated rings. The summed E-state index contributed by atoms with van der Waals surface area (Å²) in [6.45, 7) is 7.02. The largest absolute Gasteiger partial charge is 0.352 e. The molecule has 0 saturated carbocycles. The molecule has 1 aromatic carbocycles. The minimum atomic E-state index is -0.0321. The van der Waals surface area contributed by atoms with Gasteiger partial charge in [0.2, 0.25) is 0 Å². The first-order valence-electron chi connectivity index (χ1n) is 7.23. The SMILES string of the molecule is Cn1ccnc1CCNC(=O)c1cccc(C(C)(C)C)c1. The van der Waals surface area contributed by atoms with Gasteiger partial charge in [0.1, 0.15) is 5.82 Å². The standard InChI is InChI=1S/C17H23N3O/c1-17(2,3)14-7-5-6-13(12-14)16(21)19-9-8-15-18-10-11-20(15)4/h5-7,10-12H,8-9H2,1-4H3,(H,19,21). The van der Waals surface area contributed by atoms with E-state index in [1.165, 1.54) is 5.56 Å². The summed E-state index contributed by atoms with van der Waals surface area (Å²) >= 11 is 0. The maximum atomic E-state index is 12.2. The zero-order valence-corrected chi connectivity index (χ0v) is 13.2. The number of carbonyl (C=O) groups excluding carboxylic acids is 1. The molecule has 1 amide bonds. The molecule has 21 heavy (non-hydrogen) atoms. The second kappa shape index (κ2) is 6.12. The van der Waals surface area contributed by atoms with Gasteiger partial charge in [-0.05, 0) is 23.1 Å². The molecule has 0 aliphatic rings. The molecule has 0 atom stereocenters. The molecule has 2 rings (SSSR count). The second-order valence-corrected chi connectivity index (χ2v) is 6.29. The third-order valence-corrected chi connectivity index (χ3v) is 3.55. The molecular formula is C17H23N3O. The second-order valence-electron chi connectivity index (χ2n) is 6.29. The Balaban J connectivity index is 1.96. The Bertz CT molecular complexity index is 623. The molecular weight excluding hydrogens is 262 g/mol. The zero-order chi connectivity index (χ0) is 15.5. The topological polar surface area (TPSA) is 46.9 Å². The van der Waals surface area contributed by atoms with E-state index in [2.05, 4.69) is 37.1 Å². The van der Waals surface area contributed by atoms with Crippen molar-refractivity contribution in [2.24, 2.45) is 7.05 Å². The van der Waals surface area contributed by atoms with Gasteiger partial charge in [-0.2, -0.15) is 0 Å². The van der Waals surface area contributed by atoms with E-state index in [4.69, 9.17) is 0 Å². The summed E-state index contributed by atoms with van der Waals surface area (Å²) in [6, 6.07) is 7.82. The van der Waals surface area contributed by atoms with Crippen LogP contribution in [0.2, 0.25) is 0 Å². The summed E-state index contributed by atoms with van der Waals surface area (Å²) < 4.78 is 1.96. The van der Waals surface area contributed by atoms with E-state index in [1.807, 2.05) is 36.0 Å². The highest BCUT2D eigenvalue weighted by atomic mass is 16.1. The van der Waals surface area contributed by atoms with Crippen LogP contribution in [0.4, 0.5) is 0 Å². The highest BCUT2D eigenvalue weighted by Crippen LogP contribution is 2.22. The lowest BCUT2D eigenvalue weighted by Crippen LogP contribution is -2.26. The predicted molar refractivity (Wildman–Crippen MR) is 84.4 cm³/mol. The van der Waals surface area contributed by atoms with Crippen molar-refractivity contribution in [2.75, 3.05) is 6.54 Å². The van der Waals surface area contributed by atoms with Gasteiger partial charge in [0, 0.05) is 38.0 Å². The number of nitrogens with one attached hydrogen (secondary N) is 1. The average Bonchev–Trinajstić information content (AvgIpc) is 2.83. The number of carbonyl (C=O) groups is 1. The molecule has 4 heteroatoms. The molecule has 0 saturated heterocycles. The molecule has 0 aliphatic carbocycles. The Morgan fingerprint density at radius 1 is 1.33 bits per heavy atom. The molecule has 0 spiro atoms. The Hall–Kier alpha value is -2.10. The van der Waals surface area contributed by atoms with E-state index in [0.717, 1.165) is 12.2 Å². The first kappa shape index (κ1) is 15.3. The van der Waals surface area contributed by atoms with E-state index in [1.54, 1.807) is 6.20 Å². The molecule has 1 aromatic heterocycles. The molecule has 0 aliphatic heterocycles. The predicted octanol–water partition coefficient (Wildman–Crippen LogP) is 2.69. The Morgan fingerprint density at radius 2 is 2.10 bits per heavy atom. The van der Waals surface area contributed by atoms with Gasteiger partial charge in [0.15, 0.2) is 0 Å². The zero-order valence-electron chi connectivity index (χ0n) is 13.2. The van der Waals surface area contributed by atoms with Gasteiger partial charge in [-0.25, -0.2) is 4.98 Å². The smallest absolute Gasteiger partial charge is 0.251 e. The first-order valence-corrected chi connectivity index (χ1v) is 7.23. The molecule has 1 heterocycles. The number of amides is 1. The fourth-order valence-corrected chi connectivity index (χ4v) is 2.15. The number of aromatic nitrogens is 2. The Labute approximate surface area is 126 Å². The molecule has 0 radical (unpaired) electrons. The summed E-state index contributed by atoms with van der Waals surface area (Å²) in [5, 5.41) is 2.95. The number of hydrogen-bond acceptors (Lipinski definition) is 2. The number of imidazole rings is 1. The van der Waals surface area contributed by atoms with Crippen LogP contribution in [0.15, 0.2) is 36.7 Å². The van der Waals surface area contributed by atoms with Crippen molar-refractivity contribution in [2.45, 2.75) is 32.6 Å². The van der Waals surface area contributed by atoms with Gasteiger partial charge in [-0.15, -0.1) is 0 Å². The van der Waals surface area contributed by atoms with Crippen molar-refractivity contribution in [3.63, 3.8) is 0 Å². The molecule has 2 aromatic rings. The van der Waals surface area contributed by atoms with Crippen LogP contribution >= 0.6 is 0 Å². The fraction of sp³-hybridized carbons (Fsp3) is 0.412. The van der Waals surface area contributed by atoms with Crippen LogP contribution in [0.3, 0.4) is 0 Å². The lowest BCUT2D eigenvalue weighted by Gasteiger charge is -2.19. The van der Waals surface area contributed by atoms with Gasteiger partial charge in [-0.1, -0.05) is 32.9 Å². The molecule has 0 unspecified atom stereocenters. The molecule has 4 nitrogen and oxygen atoms in total. The van der Waals surface area contributed by atoms with Crippen molar-refractivity contribution < 1.29 is 4.79 Å². The molecule has 112 valence electrons. The lowest BCUT2D eigenvalue weighted by molar-refractivity contribution is 0.0954. The van der Waals surface area contributed by atoms with E-state index in [-0.39, 0.29) is 11.3 Å². The van der Waals surface area contributed by atoms with E-state index in [9.17, 15) is 4.79 Å². The third kappa shape index (κ3) is 3.94. The number of hydrogen-bond donors (Lipinski definition) is 1. The van der Waals surface area contributed by atoms with Crippen molar-refractivity contribution in [3.05, 3.63) is 53.6 Å².